The summed E-state index contributed by atoms with van der Waals surface area (Å²) in [6.07, 6.45) is 8.80. The zero-order valence-corrected chi connectivity index (χ0v) is 15.5. The van der Waals surface area contributed by atoms with Crippen LogP contribution < -0.4 is 5.32 Å². The minimum Gasteiger partial charge on any atom is -0.400 e. The molecule has 1 aliphatic heterocycles. The molecule has 1 aliphatic carbocycles. The summed E-state index contributed by atoms with van der Waals surface area (Å²) in [6, 6.07) is 0. The van der Waals surface area contributed by atoms with E-state index in [1.807, 2.05) is 11.9 Å². The molecule has 4 heteroatoms. The second kappa shape index (κ2) is 11.9. The van der Waals surface area contributed by atoms with Crippen molar-refractivity contribution in [2.75, 3.05) is 33.8 Å². The Morgan fingerprint density at radius 1 is 1.23 bits per heavy atom. The highest BCUT2D eigenvalue weighted by Crippen LogP contribution is 2.46. The van der Waals surface area contributed by atoms with Crippen molar-refractivity contribution in [2.45, 2.75) is 65.7 Å². The monoisotopic (exact) mass is 314 g/mol. The van der Waals surface area contributed by atoms with Gasteiger partial charge in [0.25, 0.3) is 0 Å². The topological polar surface area (TPSA) is 52.6 Å². The van der Waals surface area contributed by atoms with Crippen LogP contribution in [-0.4, -0.2) is 49.7 Å². The van der Waals surface area contributed by atoms with Gasteiger partial charge in [0, 0.05) is 26.1 Å². The summed E-state index contributed by atoms with van der Waals surface area (Å²) in [5, 5.41) is 10.3. The average molecular weight is 315 g/mol. The van der Waals surface area contributed by atoms with Gasteiger partial charge in [-0.3, -0.25) is 4.79 Å². The summed E-state index contributed by atoms with van der Waals surface area (Å²) in [6.45, 7) is 9.92. The fraction of sp³-hybridized carbons (Fsp3) is 0.944. The second-order valence-electron chi connectivity index (χ2n) is 6.95. The Labute approximate surface area is 137 Å². The summed E-state index contributed by atoms with van der Waals surface area (Å²) in [5.41, 5.74) is 0.000679. The van der Waals surface area contributed by atoms with Crippen molar-refractivity contribution in [3.63, 3.8) is 0 Å². The maximum absolute atomic E-state index is 11.9. The third kappa shape index (κ3) is 8.74. The highest BCUT2D eigenvalue weighted by molar-refractivity contribution is 5.84. The molecule has 132 valence electrons. The fourth-order valence-corrected chi connectivity index (χ4v) is 2.80. The van der Waals surface area contributed by atoms with Crippen molar-refractivity contribution in [3.8, 4) is 0 Å². The number of aliphatic hydroxyl groups excluding tert-OH is 1. The van der Waals surface area contributed by atoms with Crippen LogP contribution in [-0.2, 0) is 4.79 Å². The molecule has 22 heavy (non-hydrogen) atoms. The minimum atomic E-state index is 0.000679. The van der Waals surface area contributed by atoms with Crippen LogP contribution in [0, 0.1) is 11.3 Å². The molecule has 2 N–H and O–H groups in total. The van der Waals surface area contributed by atoms with E-state index in [9.17, 15) is 4.79 Å². The van der Waals surface area contributed by atoms with Crippen molar-refractivity contribution < 1.29 is 9.90 Å². The van der Waals surface area contributed by atoms with E-state index in [2.05, 4.69) is 26.1 Å². The average Bonchev–Trinajstić information content (AvgIpc) is 3.30. The highest BCUT2D eigenvalue weighted by atomic mass is 16.2. The van der Waals surface area contributed by atoms with Crippen LogP contribution >= 0.6 is 0 Å². The van der Waals surface area contributed by atoms with Crippen LogP contribution in [0.25, 0.3) is 0 Å². The number of carbonyl (C=O) groups excluding carboxylic acids is 1. The molecule has 1 saturated heterocycles. The first-order valence-corrected chi connectivity index (χ1v) is 8.90. The molecule has 0 aromatic carbocycles. The summed E-state index contributed by atoms with van der Waals surface area (Å²) in [7, 11) is 2.94. The van der Waals surface area contributed by atoms with Gasteiger partial charge in [-0.1, -0.05) is 33.6 Å². The Hall–Kier alpha value is -0.610. The van der Waals surface area contributed by atoms with Gasteiger partial charge < -0.3 is 15.3 Å². The molecule has 1 saturated carbocycles. The largest absolute Gasteiger partial charge is 0.400 e. The third-order valence-electron chi connectivity index (χ3n) is 4.44. The number of piperidine rings is 1. The molecule has 0 spiro atoms. The van der Waals surface area contributed by atoms with Crippen molar-refractivity contribution in [1.82, 2.24) is 10.2 Å². The maximum atomic E-state index is 11.9. The molecule has 0 aromatic rings. The molecule has 2 aliphatic rings. The molecule has 2 rings (SSSR count). The van der Waals surface area contributed by atoms with Gasteiger partial charge in [-0.2, -0.15) is 0 Å². The van der Waals surface area contributed by atoms with E-state index in [0.29, 0.717) is 11.8 Å². The Morgan fingerprint density at radius 3 is 2.09 bits per heavy atom. The van der Waals surface area contributed by atoms with Gasteiger partial charge >= 0.3 is 0 Å². The van der Waals surface area contributed by atoms with E-state index in [1.165, 1.54) is 45.2 Å². The first-order chi connectivity index (χ1) is 10.5. The van der Waals surface area contributed by atoms with Gasteiger partial charge in [-0.25, -0.2) is 0 Å². The Morgan fingerprint density at radius 2 is 1.77 bits per heavy atom. The zero-order valence-electron chi connectivity index (χ0n) is 15.5. The number of carbonyl (C=O) groups is 1. The SMILES string of the molecule is C1CCNCC1.CCCC(C)CN(C)C(=O)C1(C)CC1.CO. The second-order valence-corrected chi connectivity index (χ2v) is 6.95. The van der Waals surface area contributed by atoms with Gasteiger partial charge in [0.05, 0.1) is 0 Å². The normalized spacial score (nSPS) is 19.7. The lowest BCUT2D eigenvalue weighted by atomic mass is 10.0. The molecule has 1 atom stereocenters. The first-order valence-electron chi connectivity index (χ1n) is 8.90. The van der Waals surface area contributed by atoms with Gasteiger partial charge in [0.15, 0.2) is 0 Å². The molecule has 0 aromatic heterocycles. The lowest BCUT2D eigenvalue weighted by Gasteiger charge is -2.24. The molecule has 1 unspecified atom stereocenters. The van der Waals surface area contributed by atoms with E-state index in [1.54, 1.807) is 0 Å². The van der Waals surface area contributed by atoms with Crippen LogP contribution in [0.3, 0.4) is 0 Å². The number of nitrogens with zero attached hydrogens (tertiary/aromatic N) is 1. The summed E-state index contributed by atoms with van der Waals surface area (Å²) in [5.74, 6) is 0.983. The van der Waals surface area contributed by atoms with Gasteiger partial charge in [0.1, 0.15) is 0 Å². The Bertz CT molecular complexity index is 275. The first kappa shape index (κ1) is 21.4. The van der Waals surface area contributed by atoms with Crippen LogP contribution in [0.2, 0.25) is 0 Å². The molecule has 0 bridgehead atoms. The number of amides is 1. The quantitative estimate of drug-likeness (QED) is 0.820. The Balaban J connectivity index is 0.000000457. The van der Waals surface area contributed by atoms with Crippen molar-refractivity contribution in [3.05, 3.63) is 0 Å². The van der Waals surface area contributed by atoms with E-state index in [-0.39, 0.29) is 5.41 Å². The molecule has 1 amide bonds. The predicted octanol–water partition coefficient (Wildman–Crippen LogP) is 3.05. The molecule has 4 nitrogen and oxygen atoms in total. The van der Waals surface area contributed by atoms with Gasteiger partial charge in [-0.05, 0) is 51.1 Å². The smallest absolute Gasteiger partial charge is 0.228 e. The number of aliphatic hydroxyl groups is 1. The predicted molar refractivity (Wildman–Crippen MR) is 93.9 cm³/mol. The summed E-state index contributed by atoms with van der Waals surface area (Å²) < 4.78 is 0. The van der Waals surface area contributed by atoms with Crippen LogP contribution in [0.1, 0.15) is 65.7 Å². The molecular formula is C18H38N2O2. The fourth-order valence-electron chi connectivity index (χ4n) is 2.80. The van der Waals surface area contributed by atoms with E-state index >= 15 is 0 Å². The lowest BCUT2D eigenvalue weighted by Crippen LogP contribution is -2.35. The number of hydrogen-bond acceptors (Lipinski definition) is 3. The van der Waals surface area contributed by atoms with Crippen LogP contribution in [0.4, 0.5) is 0 Å². The van der Waals surface area contributed by atoms with Crippen molar-refractivity contribution in [1.29, 1.82) is 0 Å². The van der Waals surface area contributed by atoms with Gasteiger partial charge in [-0.15, -0.1) is 0 Å². The van der Waals surface area contributed by atoms with Crippen LogP contribution in [0.5, 0.6) is 0 Å². The highest BCUT2D eigenvalue weighted by Gasteiger charge is 2.46. The summed E-state index contributed by atoms with van der Waals surface area (Å²) >= 11 is 0. The van der Waals surface area contributed by atoms with E-state index < -0.39 is 0 Å². The van der Waals surface area contributed by atoms with Crippen LogP contribution in [0.15, 0.2) is 0 Å². The van der Waals surface area contributed by atoms with Gasteiger partial charge in [0.2, 0.25) is 5.91 Å². The minimum absolute atomic E-state index is 0.000679. The lowest BCUT2D eigenvalue weighted by molar-refractivity contribution is -0.135. The Kier molecular flexibility index (Phi) is 11.6. The third-order valence-corrected chi connectivity index (χ3v) is 4.44. The summed E-state index contributed by atoms with van der Waals surface area (Å²) in [4.78, 5) is 13.8. The van der Waals surface area contributed by atoms with E-state index in [4.69, 9.17) is 5.11 Å². The number of hydrogen-bond donors (Lipinski definition) is 2. The maximum Gasteiger partial charge on any atom is 0.228 e. The van der Waals surface area contributed by atoms with E-state index in [0.717, 1.165) is 26.5 Å². The number of rotatable bonds is 5. The number of nitrogens with one attached hydrogen (secondary N) is 1. The molecular weight excluding hydrogens is 276 g/mol. The van der Waals surface area contributed by atoms with Crippen molar-refractivity contribution in [2.24, 2.45) is 11.3 Å². The molecule has 1 heterocycles. The standard InChI is InChI=1S/C12H23NO.C5H11N.CH4O/c1-5-6-10(2)9-13(4)11(14)12(3)7-8-12;1-2-4-6-5-3-1;1-2/h10H,5-9H2,1-4H3;6H,1-5H2;2H,1H3. The molecule has 2 fully saturated rings. The van der Waals surface area contributed by atoms with Crippen molar-refractivity contribution >= 4 is 5.91 Å². The molecule has 0 radical (unpaired) electrons. The zero-order chi connectivity index (χ0) is 17.0.